The minimum absolute atomic E-state index is 0.190. The van der Waals surface area contributed by atoms with Crippen LogP contribution in [0.3, 0.4) is 0 Å². The summed E-state index contributed by atoms with van der Waals surface area (Å²) in [4.78, 5) is 17.8. The van der Waals surface area contributed by atoms with Crippen LogP contribution in [-0.2, 0) is 32.5 Å². The highest BCUT2D eigenvalue weighted by molar-refractivity contribution is 7.89. The second-order valence-corrected chi connectivity index (χ2v) is 11.6. The van der Waals surface area contributed by atoms with Crippen LogP contribution in [0.15, 0.2) is 76.0 Å². The summed E-state index contributed by atoms with van der Waals surface area (Å²) >= 11 is 0. The number of carbonyl (C=O) groups is 1. The quantitative estimate of drug-likeness (QED) is 0.351. The highest BCUT2D eigenvalue weighted by Gasteiger charge is 2.29. The van der Waals surface area contributed by atoms with Gasteiger partial charge in [0.05, 0.1) is 31.2 Å². The number of ether oxygens (including phenoxy) is 1. The number of hydrogen-bond acceptors (Lipinski definition) is 6. The Balaban J connectivity index is 1.54. The Morgan fingerprint density at radius 3 is 2.29 bits per heavy atom. The average molecular weight is 540 g/mol. The van der Waals surface area contributed by atoms with Gasteiger partial charge in [-0.15, -0.1) is 0 Å². The van der Waals surface area contributed by atoms with Crippen LogP contribution < -0.4 is 0 Å². The third-order valence-corrected chi connectivity index (χ3v) is 8.61. The van der Waals surface area contributed by atoms with Gasteiger partial charge in [0.25, 0.3) is 0 Å². The van der Waals surface area contributed by atoms with Gasteiger partial charge in [0.1, 0.15) is 11.5 Å². The Hall–Kier alpha value is -2.98. The molecule has 0 unspecified atom stereocenters. The van der Waals surface area contributed by atoms with Crippen LogP contribution in [0.2, 0.25) is 0 Å². The molecule has 9 heteroatoms. The van der Waals surface area contributed by atoms with Gasteiger partial charge in [0.2, 0.25) is 15.9 Å². The van der Waals surface area contributed by atoms with Gasteiger partial charge >= 0.3 is 0 Å². The Morgan fingerprint density at radius 1 is 0.921 bits per heavy atom. The van der Waals surface area contributed by atoms with Crippen molar-refractivity contribution in [2.75, 3.05) is 52.5 Å². The molecule has 204 valence electrons. The summed E-state index contributed by atoms with van der Waals surface area (Å²) in [5, 5.41) is 0. The standard InChI is InChI=1S/C29H37N3O5S/c1-24-8-12-28(13-9-24)38(34,35)32(17-16-30-18-20-36-21-19-30)23-29(33)31(22-27-11-10-25(2)37-27)15-14-26-6-4-3-5-7-26/h3-13H,14-23H2,1-2H3. The van der Waals surface area contributed by atoms with Crippen molar-refractivity contribution < 1.29 is 22.4 Å². The van der Waals surface area contributed by atoms with Crippen LogP contribution in [0, 0.1) is 13.8 Å². The molecule has 1 aliphatic heterocycles. The first-order chi connectivity index (χ1) is 18.3. The fourth-order valence-corrected chi connectivity index (χ4v) is 5.81. The molecule has 3 aromatic rings. The number of carbonyl (C=O) groups excluding carboxylic acids is 1. The van der Waals surface area contributed by atoms with Crippen molar-refractivity contribution in [3.63, 3.8) is 0 Å². The van der Waals surface area contributed by atoms with Crippen LogP contribution in [0.4, 0.5) is 0 Å². The van der Waals surface area contributed by atoms with E-state index in [-0.39, 0.29) is 30.4 Å². The number of aryl methyl sites for hydroxylation is 2. The maximum absolute atomic E-state index is 13.7. The summed E-state index contributed by atoms with van der Waals surface area (Å²) in [6, 6.07) is 20.4. The molecule has 0 saturated carbocycles. The third kappa shape index (κ3) is 7.77. The topological polar surface area (TPSA) is 83.3 Å². The summed E-state index contributed by atoms with van der Waals surface area (Å²) in [7, 11) is -3.88. The Labute approximate surface area is 225 Å². The molecule has 1 aliphatic rings. The van der Waals surface area contributed by atoms with Gasteiger partial charge in [-0.25, -0.2) is 8.42 Å². The lowest BCUT2D eigenvalue weighted by Crippen LogP contribution is -2.47. The number of benzene rings is 2. The molecule has 0 aliphatic carbocycles. The van der Waals surface area contributed by atoms with Crippen molar-refractivity contribution in [3.8, 4) is 0 Å². The van der Waals surface area contributed by atoms with Gasteiger partial charge in [-0.3, -0.25) is 9.69 Å². The van der Waals surface area contributed by atoms with E-state index in [1.165, 1.54) is 4.31 Å². The molecule has 1 aromatic heterocycles. The average Bonchev–Trinajstić information content (AvgIpc) is 3.34. The third-order valence-electron chi connectivity index (χ3n) is 6.75. The predicted octanol–water partition coefficient (Wildman–Crippen LogP) is 3.49. The first-order valence-corrected chi connectivity index (χ1v) is 14.5. The second-order valence-electron chi connectivity index (χ2n) is 9.67. The highest BCUT2D eigenvalue weighted by Crippen LogP contribution is 2.18. The first kappa shape index (κ1) is 28.0. The maximum atomic E-state index is 13.7. The highest BCUT2D eigenvalue weighted by atomic mass is 32.2. The fraction of sp³-hybridized carbons (Fsp3) is 0.414. The number of nitrogens with zero attached hydrogens (tertiary/aromatic N) is 3. The van der Waals surface area contributed by atoms with Crippen molar-refractivity contribution in [3.05, 3.63) is 89.4 Å². The minimum Gasteiger partial charge on any atom is -0.464 e. The van der Waals surface area contributed by atoms with Gasteiger partial charge in [0.15, 0.2) is 0 Å². The Bertz CT molecular complexity index is 1270. The number of morpholine rings is 1. The summed E-state index contributed by atoms with van der Waals surface area (Å²) in [5.74, 6) is 1.18. The zero-order chi connectivity index (χ0) is 27.0. The summed E-state index contributed by atoms with van der Waals surface area (Å²) in [6.45, 7) is 7.75. The van der Waals surface area contributed by atoms with E-state index >= 15 is 0 Å². The van der Waals surface area contributed by atoms with Gasteiger partial charge in [-0.2, -0.15) is 4.31 Å². The largest absolute Gasteiger partial charge is 0.464 e. The lowest BCUT2D eigenvalue weighted by atomic mass is 10.1. The SMILES string of the molecule is Cc1ccc(S(=O)(=O)N(CCN2CCOCC2)CC(=O)N(CCc2ccccc2)Cc2ccc(C)o2)cc1. The van der Waals surface area contributed by atoms with Crippen molar-refractivity contribution in [1.82, 2.24) is 14.1 Å². The molecule has 0 spiro atoms. The lowest BCUT2D eigenvalue weighted by Gasteiger charge is -2.31. The summed E-state index contributed by atoms with van der Waals surface area (Å²) in [5.41, 5.74) is 2.08. The van der Waals surface area contributed by atoms with Crippen LogP contribution in [-0.4, -0.2) is 80.9 Å². The number of hydrogen-bond donors (Lipinski definition) is 0. The lowest BCUT2D eigenvalue weighted by molar-refractivity contribution is -0.132. The van der Waals surface area contributed by atoms with Crippen molar-refractivity contribution in [1.29, 1.82) is 0 Å². The Morgan fingerprint density at radius 2 is 1.63 bits per heavy atom. The van der Waals surface area contributed by atoms with Crippen LogP contribution in [0.25, 0.3) is 0 Å². The maximum Gasteiger partial charge on any atom is 0.243 e. The summed E-state index contributed by atoms with van der Waals surface area (Å²) < 4.78 is 39.9. The van der Waals surface area contributed by atoms with Gasteiger partial charge in [-0.1, -0.05) is 48.0 Å². The molecule has 2 heterocycles. The molecule has 0 atom stereocenters. The van der Waals surface area contributed by atoms with Crippen molar-refractivity contribution >= 4 is 15.9 Å². The molecular weight excluding hydrogens is 502 g/mol. The molecule has 4 rings (SSSR count). The molecule has 0 radical (unpaired) electrons. The van der Waals surface area contributed by atoms with Gasteiger partial charge in [0, 0.05) is 32.7 Å². The number of rotatable bonds is 12. The van der Waals surface area contributed by atoms with Crippen molar-refractivity contribution in [2.24, 2.45) is 0 Å². The molecule has 1 saturated heterocycles. The molecule has 0 N–H and O–H groups in total. The molecule has 1 fully saturated rings. The fourth-order valence-electron chi connectivity index (χ4n) is 4.43. The Kier molecular flexibility index (Phi) is 9.74. The molecule has 2 aromatic carbocycles. The van der Waals surface area contributed by atoms with Gasteiger partial charge < -0.3 is 14.1 Å². The van der Waals surface area contributed by atoms with E-state index in [1.807, 2.05) is 56.3 Å². The normalized spacial score (nSPS) is 14.6. The number of amides is 1. The number of furan rings is 1. The first-order valence-electron chi connectivity index (χ1n) is 13.1. The predicted molar refractivity (Wildman–Crippen MR) is 146 cm³/mol. The molecule has 38 heavy (non-hydrogen) atoms. The molecule has 1 amide bonds. The smallest absolute Gasteiger partial charge is 0.243 e. The zero-order valence-corrected chi connectivity index (χ0v) is 23.0. The monoisotopic (exact) mass is 539 g/mol. The van der Waals surface area contributed by atoms with E-state index in [9.17, 15) is 13.2 Å². The van der Waals surface area contributed by atoms with Crippen LogP contribution in [0.1, 0.15) is 22.6 Å². The molecule has 8 nitrogen and oxygen atoms in total. The second kappa shape index (κ2) is 13.2. The molecule has 0 bridgehead atoms. The summed E-state index contributed by atoms with van der Waals surface area (Å²) in [6.07, 6.45) is 0.658. The molecular formula is C29H37N3O5S. The van der Waals surface area contributed by atoms with Crippen molar-refractivity contribution in [2.45, 2.75) is 31.7 Å². The zero-order valence-electron chi connectivity index (χ0n) is 22.2. The van der Waals surface area contributed by atoms with E-state index < -0.39 is 10.0 Å². The van der Waals surface area contributed by atoms with Crippen LogP contribution in [0.5, 0.6) is 0 Å². The number of sulfonamides is 1. The van der Waals surface area contributed by atoms with Gasteiger partial charge in [-0.05, 0) is 50.1 Å². The van der Waals surface area contributed by atoms with E-state index in [2.05, 4.69) is 4.90 Å². The minimum atomic E-state index is -3.88. The van der Waals surface area contributed by atoms with E-state index in [0.717, 1.165) is 30.0 Å². The van der Waals surface area contributed by atoms with E-state index in [0.29, 0.717) is 38.5 Å². The van der Waals surface area contributed by atoms with Crippen LogP contribution >= 0.6 is 0 Å². The van der Waals surface area contributed by atoms with E-state index in [4.69, 9.17) is 9.15 Å². The van der Waals surface area contributed by atoms with E-state index in [1.54, 1.807) is 29.2 Å².